The van der Waals surface area contributed by atoms with Gasteiger partial charge in [-0.2, -0.15) is 5.26 Å². The van der Waals surface area contributed by atoms with Crippen LogP contribution in [0, 0.1) is 25.2 Å². The number of benzene rings is 2. The molecule has 0 aliphatic carbocycles. The van der Waals surface area contributed by atoms with Crippen molar-refractivity contribution in [1.82, 2.24) is 4.90 Å². The van der Waals surface area contributed by atoms with Gasteiger partial charge in [-0.25, -0.2) is 0 Å². The van der Waals surface area contributed by atoms with Gasteiger partial charge in [-0.1, -0.05) is 53.7 Å². The van der Waals surface area contributed by atoms with Crippen LogP contribution < -0.4 is 4.90 Å². The van der Waals surface area contributed by atoms with Gasteiger partial charge in [0.2, 0.25) is 5.91 Å². The van der Waals surface area contributed by atoms with E-state index in [1.807, 2.05) is 56.3 Å². The lowest BCUT2D eigenvalue weighted by molar-refractivity contribution is -0.129. The Balaban J connectivity index is 1.68. The van der Waals surface area contributed by atoms with Crippen molar-refractivity contribution < 1.29 is 4.79 Å². The molecule has 2 aromatic carbocycles. The zero-order valence-corrected chi connectivity index (χ0v) is 17.3. The Morgan fingerprint density at radius 3 is 2.68 bits per heavy atom. The molecule has 2 aliphatic heterocycles. The van der Waals surface area contributed by atoms with Crippen molar-refractivity contribution >= 4 is 35.0 Å². The number of allylic oxidation sites excluding steroid dienone is 1. The summed E-state index contributed by atoms with van der Waals surface area (Å²) in [6.07, 6.45) is 0.320. The van der Waals surface area contributed by atoms with Crippen molar-refractivity contribution in [2.24, 2.45) is 0 Å². The van der Waals surface area contributed by atoms with Crippen molar-refractivity contribution in [2.75, 3.05) is 17.4 Å². The Labute approximate surface area is 174 Å². The van der Waals surface area contributed by atoms with Gasteiger partial charge >= 0.3 is 0 Å². The van der Waals surface area contributed by atoms with Crippen LogP contribution in [-0.2, 0) is 4.79 Å². The minimum absolute atomic E-state index is 0.0534. The first-order valence-electron chi connectivity index (χ1n) is 9.13. The highest BCUT2D eigenvalue weighted by molar-refractivity contribution is 8.03. The van der Waals surface area contributed by atoms with Gasteiger partial charge in [-0.15, -0.1) is 0 Å². The second kappa shape index (κ2) is 7.54. The predicted octanol–water partition coefficient (Wildman–Crippen LogP) is 5.18. The van der Waals surface area contributed by atoms with Gasteiger partial charge in [0.15, 0.2) is 0 Å². The van der Waals surface area contributed by atoms with E-state index in [1.165, 1.54) is 0 Å². The molecule has 0 radical (unpaired) electrons. The summed E-state index contributed by atoms with van der Waals surface area (Å²) in [5, 5.41) is 11.4. The van der Waals surface area contributed by atoms with Crippen LogP contribution in [0.4, 0.5) is 5.69 Å². The minimum Gasteiger partial charge on any atom is -0.344 e. The van der Waals surface area contributed by atoms with E-state index >= 15 is 0 Å². The highest BCUT2D eigenvalue weighted by Gasteiger charge is 2.38. The van der Waals surface area contributed by atoms with Crippen molar-refractivity contribution in [3.63, 3.8) is 0 Å². The molecule has 0 aromatic heterocycles. The number of thioether (sulfide) groups is 1. The van der Waals surface area contributed by atoms with Gasteiger partial charge in [0, 0.05) is 23.0 Å². The zero-order chi connectivity index (χ0) is 19.8. The molecule has 2 aliphatic rings. The molecule has 6 heteroatoms. The predicted molar refractivity (Wildman–Crippen MR) is 114 cm³/mol. The van der Waals surface area contributed by atoms with Crippen LogP contribution in [-0.4, -0.2) is 23.4 Å². The highest BCUT2D eigenvalue weighted by Crippen LogP contribution is 2.44. The fraction of sp³-hybridized carbons (Fsp3) is 0.273. The molecule has 0 N–H and O–H groups in total. The van der Waals surface area contributed by atoms with Crippen LogP contribution in [0.25, 0.3) is 0 Å². The number of rotatable bonds is 2. The van der Waals surface area contributed by atoms with Gasteiger partial charge in [-0.05, 0) is 42.7 Å². The van der Waals surface area contributed by atoms with Gasteiger partial charge < -0.3 is 4.90 Å². The zero-order valence-electron chi connectivity index (χ0n) is 15.8. The number of anilines is 1. The maximum absolute atomic E-state index is 13.0. The molecule has 2 heterocycles. The third kappa shape index (κ3) is 3.28. The monoisotopic (exact) mass is 409 g/mol. The number of carbonyl (C=O) groups excluding carboxylic acids is 1. The average Bonchev–Trinajstić information content (AvgIpc) is 2.70. The van der Waals surface area contributed by atoms with Gasteiger partial charge in [0.25, 0.3) is 0 Å². The quantitative estimate of drug-likeness (QED) is 0.685. The molecule has 142 valence electrons. The molecule has 4 rings (SSSR count). The standard InChI is InChI=1S/C22H20ClN3OS/c1-14-5-3-4-6-17(14)18-10-21(27)26-12-25(13-28-22(26)19(18)11-24)16-8-7-15(2)20(23)9-16/h3-9,18H,10,12-13H2,1-2H3/t18-/m0/s1. The lowest BCUT2D eigenvalue weighted by Crippen LogP contribution is -2.47. The first kappa shape index (κ1) is 18.9. The second-order valence-corrected chi connectivity index (χ2v) is 8.49. The first-order valence-corrected chi connectivity index (χ1v) is 10.5. The van der Waals surface area contributed by atoms with Crippen LogP contribution >= 0.6 is 23.4 Å². The maximum atomic E-state index is 13.0. The minimum atomic E-state index is -0.169. The SMILES string of the molecule is Cc1ccc(N2CSC3=C(C#N)[C@H](c4ccccc4C)CC(=O)N3C2)cc1Cl. The average molecular weight is 410 g/mol. The number of hydrogen-bond donors (Lipinski definition) is 0. The number of carbonyl (C=O) groups is 1. The van der Waals surface area contributed by atoms with Crippen LogP contribution in [0.5, 0.6) is 0 Å². The summed E-state index contributed by atoms with van der Waals surface area (Å²) in [5.41, 5.74) is 4.87. The van der Waals surface area contributed by atoms with E-state index in [9.17, 15) is 10.1 Å². The molecule has 1 saturated heterocycles. The molecule has 4 nitrogen and oxygen atoms in total. The van der Waals surface area contributed by atoms with Crippen LogP contribution in [0.2, 0.25) is 5.02 Å². The van der Waals surface area contributed by atoms with Gasteiger partial charge in [-0.3, -0.25) is 9.69 Å². The molecular weight excluding hydrogens is 390 g/mol. The molecule has 0 bridgehead atoms. The Morgan fingerprint density at radius 1 is 1.18 bits per heavy atom. The molecule has 0 saturated carbocycles. The molecule has 1 atom stereocenters. The molecule has 0 spiro atoms. The first-order chi connectivity index (χ1) is 13.5. The number of halogens is 1. The summed E-state index contributed by atoms with van der Waals surface area (Å²) < 4.78 is 0. The fourth-order valence-electron chi connectivity index (χ4n) is 3.75. The summed E-state index contributed by atoms with van der Waals surface area (Å²) >= 11 is 7.83. The van der Waals surface area contributed by atoms with Crippen LogP contribution in [0.1, 0.15) is 29.0 Å². The third-order valence-corrected chi connectivity index (χ3v) is 6.94. The third-order valence-electron chi connectivity index (χ3n) is 5.38. The highest BCUT2D eigenvalue weighted by atomic mass is 35.5. The molecule has 28 heavy (non-hydrogen) atoms. The van der Waals surface area contributed by atoms with Crippen molar-refractivity contribution in [2.45, 2.75) is 26.2 Å². The summed E-state index contributed by atoms with van der Waals surface area (Å²) in [4.78, 5) is 16.9. The van der Waals surface area contributed by atoms with Crippen molar-refractivity contribution in [1.29, 1.82) is 5.26 Å². The summed E-state index contributed by atoms with van der Waals surface area (Å²) in [5.74, 6) is 0.556. The summed E-state index contributed by atoms with van der Waals surface area (Å²) in [7, 11) is 0. The van der Waals surface area contributed by atoms with E-state index in [-0.39, 0.29) is 11.8 Å². The van der Waals surface area contributed by atoms with E-state index < -0.39 is 0 Å². The van der Waals surface area contributed by atoms with Crippen molar-refractivity contribution in [3.8, 4) is 6.07 Å². The topological polar surface area (TPSA) is 47.3 Å². The van der Waals surface area contributed by atoms with Gasteiger partial charge in [0.1, 0.15) is 0 Å². The maximum Gasteiger partial charge on any atom is 0.229 e. The largest absolute Gasteiger partial charge is 0.344 e. The van der Waals surface area contributed by atoms with E-state index in [4.69, 9.17) is 11.6 Å². The molecule has 0 unspecified atom stereocenters. The number of nitriles is 1. The Morgan fingerprint density at radius 2 is 1.96 bits per heavy atom. The second-order valence-electron chi connectivity index (χ2n) is 7.15. The number of fused-ring (bicyclic) bond motifs is 1. The normalized spacial score (nSPS) is 19.5. The van der Waals surface area contributed by atoms with Crippen molar-refractivity contribution in [3.05, 3.63) is 74.8 Å². The van der Waals surface area contributed by atoms with Crippen LogP contribution in [0.15, 0.2) is 53.1 Å². The smallest absolute Gasteiger partial charge is 0.229 e. The van der Waals surface area contributed by atoms with Crippen LogP contribution in [0.3, 0.4) is 0 Å². The summed E-state index contributed by atoms with van der Waals surface area (Å²) in [6.45, 7) is 4.44. The van der Waals surface area contributed by atoms with E-state index in [1.54, 1.807) is 16.7 Å². The Bertz CT molecular complexity index is 1030. The lowest BCUT2D eigenvalue weighted by atomic mass is 9.84. The number of hydrogen-bond acceptors (Lipinski definition) is 4. The van der Waals surface area contributed by atoms with E-state index in [0.29, 0.717) is 29.6 Å². The number of aryl methyl sites for hydroxylation is 2. The number of amides is 1. The van der Waals surface area contributed by atoms with E-state index in [0.717, 1.165) is 27.4 Å². The van der Waals surface area contributed by atoms with Gasteiger partial charge in [0.05, 0.1) is 29.2 Å². The Kier molecular flexibility index (Phi) is 5.09. The molecule has 1 fully saturated rings. The van der Waals surface area contributed by atoms with E-state index in [2.05, 4.69) is 11.0 Å². The number of nitrogens with zero attached hydrogens (tertiary/aromatic N) is 3. The fourth-order valence-corrected chi connectivity index (χ4v) is 5.09. The lowest BCUT2D eigenvalue weighted by Gasteiger charge is -2.42. The molecule has 2 aromatic rings. The summed E-state index contributed by atoms with van der Waals surface area (Å²) in [6, 6.07) is 16.3. The molecule has 1 amide bonds. The molecular formula is C22H20ClN3OS. The Hall–Kier alpha value is -2.42.